The van der Waals surface area contributed by atoms with E-state index >= 15 is 0 Å². The molecule has 1 aliphatic heterocycles. The van der Waals surface area contributed by atoms with Gasteiger partial charge in [-0.25, -0.2) is 9.97 Å². The molecular weight excluding hydrogens is 200 g/mol. The van der Waals surface area contributed by atoms with Crippen molar-refractivity contribution in [3.05, 3.63) is 18.1 Å². The second kappa shape index (κ2) is 5.25. The van der Waals surface area contributed by atoms with Crippen molar-refractivity contribution in [2.24, 2.45) is 5.92 Å². The Bertz CT molecular complexity index is 338. The summed E-state index contributed by atoms with van der Waals surface area (Å²) in [5.74, 6) is 2.68. The van der Waals surface area contributed by atoms with Crippen LogP contribution in [0.1, 0.15) is 18.7 Å². The van der Waals surface area contributed by atoms with Gasteiger partial charge in [-0.2, -0.15) is 0 Å². The summed E-state index contributed by atoms with van der Waals surface area (Å²) in [7, 11) is 2.02. The molecule has 2 rings (SSSR count). The lowest BCUT2D eigenvalue weighted by Crippen LogP contribution is -2.39. The molecule has 0 bridgehead atoms. The highest BCUT2D eigenvalue weighted by atomic mass is 15.2. The van der Waals surface area contributed by atoms with E-state index in [1.54, 1.807) is 0 Å². The van der Waals surface area contributed by atoms with Gasteiger partial charge in [-0.05, 0) is 45.3 Å². The summed E-state index contributed by atoms with van der Waals surface area (Å²) in [5, 5.41) is 3.26. The van der Waals surface area contributed by atoms with Gasteiger partial charge in [0, 0.05) is 19.3 Å². The van der Waals surface area contributed by atoms with E-state index in [2.05, 4.69) is 20.2 Å². The van der Waals surface area contributed by atoms with Gasteiger partial charge in [-0.1, -0.05) is 0 Å². The van der Waals surface area contributed by atoms with Gasteiger partial charge in [0.05, 0.1) is 0 Å². The van der Waals surface area contributed by atoms with Crippen molar-refractivity contribution in [3.63, 3.8) is 0 Å². The average molecular weight is 220 g/mol. The Kier molecular flexibility index (Phi) is 3.72. The van der Waals surface area contributed by atoms with E-state index in [4.69, 9.17) is 0 Å². The number of nitrogens with zero attached hydrogens (tertiary/aromatic N) is 3. The lowest BCUT2D eigenvalue weighted by molar-refractivity contribution is 0.401. The van der Waals surface area contributed by atoms with Crippen molar-refractivity contribution in [3.8, 4) is 0 Å². The van der Waals surface area contributed by atoms with E-state index in [-0.39, 0.29) is 0 Å². The molecule has 4 heteroatoms. The number of anilines is 1. The molecule has 1 atom stereocenters. The largest absolute Gasteiger partial charge is 0.356 e. The Balaban J connectivity index is 2.03. The summed E-state index contributed by atoms with van der Waals surface area (Å²) >= 11 is 0. The topological polar surface area (TPSA) is 41.0 Å². The molecule has 0 aliphatic carbocycles. The third kappa shape index (κ3) is 2.70. The van der Waals surface area contributed by atoms with Gasteiger partial charge in [0.2, 0.25) is 0 Å². The summed E-state index contributed by atoms with van der Waals surface area (Å²) in [5.41, 5.74) is 0. The first-order valence-corrected chi connectivity index (χ1v) is 5.99. The van der Waals surface area contributed by atoms with E-state index in [1.165, 1.54) is 12.8 Å². The van der Waals surface area contributed by atoms with Crippen LogP contribution in [0.25, 0.3) is 0 Å². The minimum absolute atomic E-state index is 0.744. The predicted molar refractivity (Wildman–Crippen MR) is 65.6 cm³/mol. The second-order valence-electron chi connectivity index (χ2n) is 4.47. The van der Waals surface area contributed by atoms with Crippen LogP contribution >= 0.6 is 0 Å². The first-order chi connectivity index (χ1) is 7.79. The lowest BCUT2D eigenvalue weighted by atomic mass is 9.98. The van der Waals surface area contributed by atoms with Gasteiger partial charge in [-0.15, -0.1) is 0 Å². The van der Waals surface area contributed by atoms with Gasteiger partial charge < -0.3 is 10.2 Å². The highest BCUT2D eigenvalue weighted by molar-refractivity contribution is 5.37. The van der Waals surface area contributed by atoms with Crippen LogP contribution < -0.4 is 10.2 Å². The minimum atomic E-state index is 0.744. The van der Waals surface area contributed by atoms with Crippen LogP contribution in [0.4, 0.5) is 5.82 Å². The number of aromatic nitrogens is 2. The average Bonchev–Trinajstić information content (AvgIpc) is 2.30. The monoisotopic (exact) mass is 220 g/mol. The van der Waals surface area contributed by atoms with Crippen molar-refractivity contribution in [1.29, 1.82) is 0 Å². The predicted octanol–water partition coefficient (Wildman–Crippen LogP) is 1.22. The summed E-state index contributed by atoms with van der Waals surface area (Å²) in [6, 6.07) is 2.01. The Labute approximate surface area is 97.1 Å². The Hall–Kier alpha value is -1.16. The molecule has 0 aromatic carbocycles. The van der Waals surface area contributed by atoms with Gasteiger partial charge in [-0.3, -0.25) is 0 Å². The van der Waals surface area contributed by atoms with Gasteiger partial charge >= 0.3 is 0 Å². The third-order valence-corrected chi connectivity index (χ3v) is 3.10. The number of nitrogens with one attached hydrogen (secondary N) is 1. The van der Waals surface area contributed by atoms with E-state index in [0.717, 1.165) is 37.2 Å². The van der Waals surface area contributed by atoms with Crippen molar-refractivity contribution < 1.29 is 0 Å². The molecule has 1 aliphatic rings. The zero-order valence-corrected chi connectivity index (χ0v) is 10.1. The van der Waals surface area contributed by atoms with Crippen molar-refractivity contribution in [2.75, 3.05) is 31.6 Å². The zero-order chi connectivity index (χ0) is 11.4. The molecule has 1 fully saturated rings. The molecule has 0 spiro atoms. The third-order valence-electron chi connectivity index (χ3n) is 3.10. The maximum absolute atomic E-state index is 4.49. The maximum atomic E-state index is 4.49. The summed E-state index contributed by atoms with van der Waals surface area (Å²) in [6.07, 6.45) is 4.43. The van der Waals surface area contributed by atoms with E-state index in [9.17, 15) is 0 Å². The highest BCUT2D eigenvalue weighted by Gasteiger charge is 2.20. The second-order valence-corrected chi connectivity index (χ2v) is 4.47. The van der Waals surface area contributed by atoms with Crippen LogP contribution in [0.5, 0.6) is 0 Å². The van der Waals surface area contributed by atoms with Crippen LogP contribution in [-0.2, 0) is 0 Å². The zero-order valence-electron chi connectivity index (χ0n) is 10.1. The Morgan fingerprint density at radius 2 is 2.44 bits per heavy atom. The molecular formula is C12H20N4. The smallest absolute Gasteiger partial charge is 0.132 e. The molecule has 88 valence electrons. The molecule has 0 radical (unpaired) electrons. The summed E-state index contributed by atoms with van der Waals surface area (Å²) < 4.78 is 0. The van der Waals surface area contributed by atoms with E-state index in [0.29, 0.717) is 0 Å². The molecule has 1 aromatic rings. The van der Waals surface area contributed by atoms with Gasteiger partial charge in [0.1, 0.15) is 11.6 Å². The molecule has 1 aromatic heterocycles. The molecule has 4 nitrogen and oxygen atoms in total. The minimum Gasteiger partial charge on any atom is -0.356 e. The number of aryl methyl sites for hydroxylation is 1. The lowest BCUT2D eigenvalue weighted by Gasteiger charge is -2.33. The molecule has 1 saturated heterocycles. The van der Waals surface area contributed by atoms with Crippen LogP contribution in [0.3, 0.4) is 0 Å². The normalized spacial score (nSPS) is 21.1. The summed E-state index contributed by atoms with van der Waals surface area (Å²) in [6.45, 7) is 5.27. The number of piperidine rings is 1. The first-order valence-electron chi connectivity index (χ1n) is 5.99. The van der Waals surface area contributed by atoms with E-state index < -0.39 is 0 Å². The summed E-state index contributed by atoms with van der Waals surface area (Å²) in [4.78, 5) is 11.0. The van der Waals surface area contributed by atoms with Gasteiger partial charge in [0.25, 0.3) is 0 Å². The van der Waals surface area contributed by atoms with Crippen LogP contribution in [0, 0.1) is 12.8 Å². The van der Waals surface area contributed by atoms with Crippen LogP contribution in [-0.4, -0.2) is 36.6 Å². The molecule has 1 unspecified atom stereocenters. The van der Waals surface area contributed by atoms with Crippen molar-refractivity contribution in [1.82, 2.24) is 15.3 Å². The standard InChI is InChI=1S/C12H20N4/c1-10-14-6-5-12(15-10)16-7-3-4-11(9-16)8-13-2/h5-6,11,13H,3-4,7-9H2,1-2H3. The Morgan fingerprint density at radius 1 is 1.56 bits per heavy atom. The van der Waals surface area contributed by atoms with Crippen LogP contribution in [0.15, 0.2) is 12.3 Å². The number of hydrogen-bond acceptors (Lipinski definition) is 4. The molecule has 2 heterocycles. The SMILES string of the molecule is CNCC1CCCN(c2ccnc(C)n2)C1. The molecule has 0 amide bonds. The molecule has 0 saturated carbocycles. The van der Waals surface area contributed by atoms with Gasteiger partial charge in [0.15, 0.2) is 0 Å². The van der Waals surface area contributed by atoms with Crippen molar-refractivity contribution >= 4 is 5.82 Å². The number of hydrogen-bond donors (Lipinski definition) is 1. The first kappa shape index (κ1) is 11.3. The molecule has 1 N–H and O–H groups in total. The number of rotatable bonds is 3. The quantitative estimate of drug-likeness (QED) is 0.831. The fourth-order valence-corrected chi connectivity index (χ4v) is 2.35. The fraction of sp³-hybridized carbons (Fsp3) is 0.667. The maximum Gasteiger partial charge on any atom is 0.132 e. The Morgan fingerprint density at radius 3 is 3.19 bits per heavy atom. The van der Waals surface area contributed by atoms with E-state index in [1.807, 2.05) is 26.2 Å². The molecule has 16 heavy (non-hydrogen) atoms. The fourth-order valence-electron chi connectivity index (χ4n) is 2.35. The highest BCUT2D eigenvalue weighted by Crippen LogP contribution is 2.20. The van der Waals surface area contributed by atoms with Crippen molar-refractivity contribution in [2.45, 2.75) is 19.8 Å². The van der Waals surface area contributed by atoms with Crippen LogP contribution in [0.2, 0.25) is 0 Å².